The molecule has 1 N–H and O–H groups in total. The zero-order valence-corrected chi connectivity index (χ0v) is 20.4. The average molecular weight is 495 g/mol. The highest BCUT2D eigenvalue weighted by Crippen LogP contribution is 2.29. The van der Waals surface area contributed by atoms with Crippen molar-refractivity contribution >= 4 is 51.6 Å². The number of aryl methyl sites for hydroxylation is 1. The lowest BCUT2D eigenvalue weighted by atomic mass is 10.3. The van der Waals surface area contributed by atoms with Crippen molar-refractivity contribution in [1.82, 2.24) is 14.8 Å². The summed E-state index contributed by atoms with van der Waals surface area (Å²) in [5.74, 6) is 0.646. The summed E-state index contributed by atoms with van der Waals surface area (Å²) in [5.41, 5.74) is 0.362. The number of hydrogen-bond donors (Lipinski definition) is 1. The molecule has 1 aromatic carbocycles. The molecule has 170 valence electrons. The number of carbonyl (C=O) groups is 2. The fourth-order valence-corrected chi connectivity index (χ4v) is 4.68. The lowest BCUT2D eigenvalue weighted by Gasteiger charge is -2.14. The number of carbonyl (C=O) groups excluding carboxylic acids is 2. The number of anilines is 1. The maximum atomic E-state index is 12.5. The van der Waals surface area contributed by atoms with Crippen LogP contribution in [0, 0.1) is 6.92 Å². The maximum Gasteiger partial charge on any atom is 0.341 e. The van der Waals surface area contributed by atoms with Crippen molar-refractivity contribution in [3.05, 3.63) is 51.6 Å². The van der Waals surface area contributed by atoms with E-state index in [-0.39, 0.29) is 24.4 Å². The van der Waals surface area contributed by atoms with E-state index >= 15 is 0 Å². The molecule has 3 rings (SSSR count). The molecule has 0 radical (unpaired) electrons. The number of rotatable bonds is 9. The molecule has 0 fully saturated rings. The van der Waals surface area contributed by atoms with Crippen molar-refractivity contribution in [2.45, 2.75) is 32.0 Å². The number of halogens is 1. The maximum absolute atomic E-state index is 12.5. The highest BCUT2D eigenvalue weighted by molar-refractivity contribution is 7.99. The zero-order valence-electron chi connectivity index (χ0n) is 18.0. The highest BCUT2D eigenvalue weighted by Gasteiger charge is 2.20. The predicted octanol–water partition coefficient (Wildman–Crippen LogP) is 4.89. The normalized spacial score (nSPS) is 11.8. The van der Waals surface area contributed by atoms with E-state index in [1.807, 2.05) is 33.0 Å². The number of ether oxygens (including phenoxy) is 2. The van der Waals surface area contributed by atoms with Gasteiger partial charge in [0.15, 0.2) is 17.1 Å². The first kappa shape index (κ1) is 24.1. The highest BCUT2D eigenvalue weighted by atomic mass is 35.5. The van der Waals surface area contributed by atoms with Crippen LogP contribution in [0.4, 0.5) is 5.00 Å². The van der Waals surface area contributed by atoms with Crippen molar-refractivity contribution in [2.24, 2.45) is 7.05 Å². The molecular weight excluding hydrogens is 472 g/mol. The molecule has 0 saturated heterocycles. The summed E-state index contributed by atoms with van der Waals surface area (Å²) in [7, 11) is 1.81. The van der Waals surface area contributed by atoms with Gasteiger partial charge in [-0.3, -0.25) is 4.79 Å². The summed E-state index contributed by atoms with van der Waals surface area (Å²) in [6, 6.07) is 8.83. The molecular formula is C21H23ClN4O4S2. The van der Waals surface area contributed by atoms with Crippen molar-refractivity contribution in [3.63, 3.8) is 0 Å². The minimum Gasteiger partial charge on any atom is -0.483 e. The minimum absolute atomic E-state index is 0.106. The van der Waals surface area contributed by atoms with Crippen LogP contribution in [0.2, 0.25) is 5.02 Å². The number of thioether (sulfide) groups is 1. The molecule has 2 heterocycles. The van der Waals surface area contributed by atoms with Crippen LogP contribution < -0.4 is 10.1 Å². The molecule has 1 amide bonds. The Balaban J connectivity index is 1.60. The van der Waals surface area contributed by atoms with Crippen LogP contribution in [0.1, 0.15) is 41.0 Å². The van der Waals surface area contributed by atoms with Crippen LogP contribution >= 0.6 is 34.7 Å². The smallest absolute Gasteiger partial charge is 0.341 e. The van der Waals surface area contributed by atoms with Gasteiger partial charge >= 0.3 is 5.97 Å². The quantitative estimate of drug-likeness (QED) is 0.334. The third kappa shape index (κ3) is 6.02. The summed E-state index contributed by atoms with van der Waals surface area (Å²) < 4.78 is 12.7. The van der Waals surface area contributed by atoms with E-state index in [9.17, 15) is 9.59 Å². The topological polar surface area (TPSA) is 95.3 Å². The molecule has 0 bridgehead atoms. The number of nitrogens with one attached hydrogen (secondary N) is 1. The molecule has 3 aromatic rings. The standard InChI is InChI=1S/C21H23ClN4O4S2/c1-5-29-20(28)16-9-12(2)32-19(16)23-17(27)11-31-21-25-24-18(26(21)4)13(3)30-15-8-6-7-14(22)10-15/h6-10,13H,5,11H2,1-4H3,(H,23,27). The van der Waals surface area contributed by atoms with Gasteiger partial charge in [-0.1, -0.05) is 29.4 Å². The summed E-state index contributed by atoms with van der Waals surface area (Å²) >= 11 is 8.58. The molecule has 0 saturated carbocycles. The van der Waals surface area contributed by atoms with Crippen LogP contribution in [0.5, 0.6) is 5.75 Å². The van der Waals surface area contributed by atoms with E-state index < -0.39 is 5.97 Å². The van der Waals surface area contributed by atoms with Crippen LogP contribution in [-0.4, -0.2) is 39.0 Å². The second-order valence-electron chi connectivity index (χ2n) is 6.77. The van der Waals surface area contributed by atoms with E-state index in [2.05, 4.69) is 15.5 Å². The zero-order chi connectivity index (χ0) is 23.3. The number of aromatic nitrogens is 3. The molecule has 0 aliphatic heterocycles. The molecule has 0 spiro atoms. The molecule has 1 unspecified atom stereocenters. The average Bonchev–Trinajstić information content (AvgIpc) is 3.28. The Morgan fingerprint density at radius 3 is 2.81 bits per heavy atom. The Labute approximate surface area is 199 Å². The Morgan fingerprint density at radius 2 is 2.09 bits per heavy atom. The Bertz CT molecular complexity index is 1120. The van der Waals surface area contributed by atoms with Crippen LogP contribution in [0.25, 0.3) is 0 Å². The first-order chi connectivity index (χ1) is 15.3. The lowest BCUT2D eigenvalue weighted by Crippen LogP contribution is -2.16. The van der Waals surface area contributed by atoms with E-state index in [4.69, 9.17) is 21.1 Å². The predicted molar refractivity (Wildman–Crippen MR) is 126 cm³/mol. The van der Waals surface area contributed by atoms with Crippen molar-refractivity contribution in [1.29, 1.82) is 0 Å². The summed E-state index contributed by atoms with van der Waals surface area (Å²) in [5, 5.41) is 12.8. The largest absolute Gasteiger partial charge is 0.483 e. The number of esters is 1. The Kier molecular flexibility index (Phi) is 8.16. The van der Waals surface area contributed by atoms with Gasteiger partial charge in [0.05, 0.1) is 17.9 Å². The van der Waals surface area contributed by atoms with Gasteiger partial charge in [-0.25, -0.2) is 4.79 Å². The van der Waals surface area contributed by atoms with Gasteiger partial charge in [0, 0.05) is 16.9 Å². The van der Waals surface area contributed by atoms with Crippen molar-refractivity contribution in [3.8, 4) is 5.75 Å². The third-order valence-electron chi connectivity index (χ3n) is 4.28. The van der Waals surface area contributed by atoms with Gasteiger partial charge < -0.3 is 19.4 Å². The summed E-state index contributed by atoms with van der Waals surface area (Å²) in [4.78, 5) is 25.5. The number of benzene rings is 1. The third-order valence-corrected chi connectivity index (χ3v) is 6.50. The summed E-state index contributed by atoms with van der Waals surface area (Å²) in [6.45, 7) is 5.74. The SMILES string of the molecule is CCOC(=O)c1cc(C)sc1NC(=O)CSc1nnc(C(C)Oc2cccc(Cl)c2)n1C. The van der Waals surface area contributed by atoms with Gasteiger partial charge in [-0.05, 0) is 45.0 Å². The van der Waals surface area contributed by atoms with Gasteiger partial charge in [0.25, 0.3) is 0 Å². The minimum atomic E-state index is -0.452. The van der Waals surface area contributed by atoms with Crippen molar-refractivity contribution < 1.29 is 19.1 Å². The first-order valence-electron chi connectivity index (χ1n) is 9.80. The van der Waals surface area contributed by atoms with Gasteiger partial charge in [0.1, 0.15) is 10.8 Å². The van der Waals surface area contributed by atoms with Gasteiger partial charge in [0.2, 0.25) is 5.91 Å². The molecule has 8 nitrogen and oxygen atoms in total. The van der Waals surface area contributed by atoms with Gasteiger partial charge in [-0.15, -0.1) is 21.5 Å². The van der Waals surface area contributed by atoms with E-state index in [1.165, 1.54) is 23.1 Å². The fraction of sp³-hybridized carbons (Fsp3) is 0.333. The molecule has 0 aliphatic carbocycles. The number of nitrogens with zero attached hydrogens (tertiary/aromatic N) is 3. The van der Waals surface area contributed by atoms with Crippen LogP contribution in [0.3, 0.4) is 0 Å². The van der Waals surface area contributed by atoms with E-state index in [0.717, 1.165) is 4.88 Å². The Morgan fingerprint density at radius 1 is 1.31 bits per heavy atom. The number of hydrogen-bond acceptors (Lipinski definition) is 8. The Hall–Kier alpha value is -2.56. The molecule has 11 heteroatoms. The van der Waals surface area contributed by atoms with Crippen molar-refractivity contribution in [2.75, 3.05) is 17.7 Å². The lowest BCUT2D eigenvalue weighted by molar-refractivity contribution is -0.113. The molecule has 2 aromatic heterocycles. The van der Waals surface area contributed by atoms with E-state index in [1.54, 1.807) is 29.7 Å². The first-order valence-corrected chi connectivity index (χ1v) is 12.0. The molecule has 32 heavy (non-hydrogen) atoms. The van der Waals surface area contributed by atoms with Crippen LogP contribution in [0.15, 0.2) is 35.5 Å². The van der Waals surface area contributed by atoms with E-state index in [0.29, 0.717) is 32.3 Å². The monoisotopic (exact) mass is 494 g/mol. The van der Waals surface area contributed by atoms with Crippen LogP contribution in [-0.2, 0) is 16.6 Å². The second kappa shape index (κ2) is 10.8. The second-order valence-corrected chi connectivity index (χ2v) is 9.41. The summed E-state index contributed by atoms with van der Waals surface area (Å²) in [6.07, 6.45) is -0.365. The molecule has 1 atom stereocenters. The fourth-order valence-electron chi connectivity index (χ4n) is 2.86. The number of thiophene rings is 1. The number of amides is 1. The van der Waals surface area contributed by atoms with Gasteiger partial charge in [-0.2, -0.15) is 0 Å². The molecule has 0 aliphatic rings.